The van der Waals surface area contributed by atoms with Gasteiger partial charge in [-0.25, -0.2) is 17.2 Å². The Morgan fingerprint density at radius 2 is 1.73 bits per heavy atom. The van der Waals surface area contributed by atoms with Crippen molar-refractivity contribution in [1.29, 1.82) is 0 Å². The molecule has 0 aromatic heterocycles. The molecular formula is C21H21F2N3O3S. The van der Waals surface area contributed by atoms with Gasteiger partial charge in [0.05, 0.1) is 17.1 Å². The highest BCUT2D eigenvalue weighted by molar-refractivity contribution is 8.08. The monoisotopic (exact) mass is 433 g/mol. The van der Waals surface area contributed by atoms with Crippen LogP contribution in [0.5, 0.6) is 0 Å². The number of carbonyl (C=O) groups is 1. The smallest absolute Gasteiger partial charge is 0.286 e. The number of hydrogen-bond acceptors (Lipinski definition) is 5. The topological polar surface area (TPSA) is 70.1 Å². The van der Waals surface area contributed by atoms with E-state index in [2.05, 4.69) is 12.0 Å². The number of amides is 1. The molecule has 2 heterocycles. The molecule has 2 aromatic rings. The Kier molecular flexibility index (Phi) is 5.31. The van der Waals surface area contributed by atoms with Crippen molar-refractivity contribution in [1.82, 2.24) is 4.90 Å². The third-order valence-electron chi connectivity index (χ3n) is 5.41. The second-order valence-electron chi connectivity index (χ2n) is 7.69. The Hall–Kier alpha value is -2.81. The van der Waals surface area contributed by atoms with E-state index in [9.17, 15) is 22.0 Å². The summed E-state index contributed by atoms with van der Waals surface area (Å²) < 4.78 is 53.5. The summed E-state index contributed by atoms with van der Waals surface area (Å²) in [6.45, 7) is 2.93. The number of halogens is 2. The van der Waals surface area contributed by atoms with Crippen molar-refractivity contribution in [2.24, 2.45) is 11.0 Å². The molecule has 4 rings (SSSR count). The van der Waals surface area contributed by atoms with E-state index in [-0.39, 0.29) is 22.7 Å². The number of hydrazone groups is 1. The fourth-order valence-electron chi connectivity index (χ4n) is 3.72. The SMILES string of the molecule is CC1CCN(C(=O)C2=NN(Cc3cc(F)cc(F)c3)c3ccccc3S2(=O)=O)CC1. The maximum Gasteiger partial charge on any atom is 0.286 e. The first-order chi connectivity index (χ1) is 14.3. The molecule has 2 aromatic carbocycles. The zero-order valence-corrected chi connectivity index (χ0v) is 17.2. The predicted molar refractivity (Wildman–Crippen MR) is 109 cm³/mol. The number of piperidine rings is 1. The Morgan fingerprint density at radius 3 is 2.40 bits per heavy atom. The Bertz CT molecular complexity index is 1110. The quantitative estimate of drug-likeness (QED) is 0.745. The number of fused-ring (bicyclic) bond motifs is 1. The Balaban J connectivity index is 1.74. The van der Waals surface area contributed by atoms with Gasteiger partial charge in [-0.2, -0.15) is 5.10 Å². The van der Waals surface area contributed by atoms with Crippen LogP contribution in [-0.4, -0.2) is 37.4 Å². The number of likely N-dealkylation sites (tertiary alicyclic amines) is 1. The molecule has 9 heteroatoms. The first-order valence-corrected chi connectivity index (χ1v) is 11.2. The highest BCUT2D eigenvalue weighted by Crippen LogP contribution is 2.33. The van der Waals surface area contributed by atoms with E-state index in [4.69, 9.17) is 0 Å². The van der Waals surface area contributed by atoms with Gasteiger partial charge in [0.25, 0.3) is 5.91 Å². The Labute approximate surface area is 173 Å². The summed E-state index contributed by atoms with van der Waals surface area (Å²) in [5.41, 5.74) is 0.523. The van der Waals surface area contributed by atoms with Crippen molar-refractivity contribution in [2.75, 3.05) is 18.1 Å². The summed E-state index contributed by atoms with van der Waals surface area (Å²) in [4.78, 5) is 14.5. The zero-order valence-electron chi connectivity index (χ0n) is 16.4. The van der Waals surface area contributed by atoms with E-state index in [0.717, 1.165) is 31.0 Å². The Morgan fingerprint density at radius 1 is 1.10 bits per heavy atom. The van der Waals surface area contributed by atoms with E-state index in [1.165, 1.54) is 16.0 Å². The summed E-state index contributed by atoms with van der Waals surface area (Å²) in [5.74, 6) is -1.66. The van der Waals surface area contributed by atoms with Gasteiger partial charge in [-0.1, -0.05) is 19.1 Å². The highest BCUT2D eigenvalue weighted by Gasteiger charge is 2.39. The molecule has 0 atom stereocenters. The van der Waals surface area contributed by atoms with Crippen LogP contribution in [0.15, 0.2) is 52.5 Å². The maximum atomic E-state index is 13.6. The average molecular weight is 433 g/mol. The molecule has 0 N–H and O–H groups in total. The molecule has 158 valence electrons. The number of hydrogen-bond donors (Lipinski definition) is 0. The molecule has 6 nitrogen and oxygen atoms in total. The van der Waals surface area contributed by atoms with Gasteiger partial charge in [0.2, 0.25) is 14.9 Å². The van der Waals surface area contributed by atoms with E-state index in [1.54, 1.807) is 18.2 Å². The lowest BCUT2D eigenvalue weighted by Crippen LogP contribution is -2.46. The highest BCUT2D eigenvalue weighted by atomic mass is 32.2. The van der Waals surface area contributed by atoms with Crippen molar-refractivity contribution in [3.05, 3.63) is 59.7 Å². The third kappa shape index (κ3) is 3.81. The molecule has 0 aliphatic carbocycles. The van der Waals surface area contributed by atoms with E-state index < -0.39 is 32.4 Å². The van der Waals surface area contributed by atoms with Gasteiger partial charge in [0.15, 0.2) is 0 Å². The van der Waals surface area contributed by atoms with Crippen LogP contribution in [0.25, 0.3) is 0 Å². The fraction of sp³-hybridized carbons (Fsp3) is 0.333. The summed E-state index contributed by atoms with van der Waals surface area (Å²) >= 11 is 0. The second kappa shape index (κ2) is 7.79. The van der Waals surface area contributed by atoms with Crippen LogP contribution in [0, 0.1) is 17.6 Å². The molecule has 30 heavy (non-hydrogen) atoms. The van der Waals surface area contributed by atoms with Crippen LogP contribution in [0.2, 0.25) is 0 Å². The molecule has 2 aliphatic rings. The second-order valence-corrected chi connectivity index (χ2v) is 9.52. The van der Waals surface area contributed by atoms with E-state index in [0.29, 0.717) is 19.0 Å². The lowest BCUT2D eigenvalue weighted by atomic mass is 9.99. The standard InChI is InChI=1S/C21H21F2N3O3S/c1-14-6-8-25(9-7-14)21(27)20-24-26(13-15-10-16(22)12-17(23)11-15)18-4-2-3-5-19(18)30(20,28)29/h2-5,10-12,14H,6-9,13H2,1H3. The van der Waals surface area contributed by atoms with Gasteiger partial charge in [-0.3, -0.25) is 9.80 Å². The molecule has 1 amide bonds. The first-order valence-electron chi connectivity index (χ1n) is 9.70. The molecule has 1 saturated heterocycles. The van der Waals surface area contributed by atoms with Crippen molar-refractivity contribution in [2.45, 2.75) is 31.2 Å². The van der Waals surface area contributed by atoms with E-state index in [1.807, 2.05) is 0 Å². The van der Waals surface area contributed by atoms with Crippen molar-refractivity contribution in [3.63, 3.8) is 0 Å². The van der Waals surface area contributed by atoms with Crippen LogP contribution in [0.3, 0.4) is 0 Å². The number of rotatable bonds is 3. The largest absolute Gasteiger partial charge is 0.337 e. The predicted octanol–water partition coefficient (Wildman–Crippen LogP) is 3.33. The summed E-state index contributed by atoms with van der Waals surface area (Å²) in [6.07, 6.45) is 1.59. The molecule has 2 aliphatic heterocycles. The summed E-state index contributed by atoms with van der Waals surface area (Å²) in [5, 5.41) is 4.90. The minimum Gasteiger partial charge on any atom is -0.337 e. The van der Waals surface area contributed by atoms with Crippen LogP contribution in [0.4, 0.5) is 14.5 Å². The van der Waals surface area contributed by atoms with Gasteiger partial charge >= 0.3 is 0 Å². The van der Waals surface area contributed by atoms with Crippen LogP contribution >= 0.6 is 0 Å². The van der Waals surface area contributed by atoms with Crippen LogP contribution in [-0.2, 0) is 21.2 Å². The molecule has 0 spiro atoms. The first kappa shape index (κ1) is 20.5. The molecule has 1 fully saturated rings. The molecular weight excluding hydrogens is 412 g/mol. The number of benzene rings is 2. The van der Waals surface area contributed by atoms with Gasteiger partial charge < -0.3 is 4.90 Å². The molecule has 0 saturated carbocycles. The minimum absolute atomic E-state index is 0.0504. The van der Waals surface area contributed by atoms with E-state index >= 15 is 0 Å². The van der Waals surface area contributed by atoms with Crippen LogP contribution in [0.1, 0.15) is 25.3 Å². The zero-order chi connectivity index (χ0) is 21.5. The number of sulfone groups is 1. The van der Waals surface area contributed by atoms with Gasteiger partial charge in [0.1, 0.15) is 11.6 Å². The normalized spacial score (nSPS) is 18.7. The van der Waals surface area contributed by atoms with Crippen molar-refractivity contribution in [3.8, 4) is 0 Å². The molecule has 0 bridgehead atoms. The van der Waals surface area contributed by atoms with Gasteiger partial charge in [0, 0.05) is 19.2 Å². The molecule has 0 radical (unpaired) electrons. The van der Waals surface area contributed by atoms with Gasteiger partial charge in [-0.05, 0) is 48.6 Å². The number of nitrogens with zero attached hydrogens (tertiary/aromatic N) is 3. The summed E-state index contributed by atoms with van der Waals surface area (Å²) in [6, 6.07) is 9.22. The fourth-order valence-corrected chi connectivity index (χ4v) is 5.20. The van der Waals surface area contributed by atoms with Crippen molar-refractivity contribution < 1.29 is 22.0 Å². The van der Waals surface area contributed by atoms with Crippen LogP contribution < -0.4 is 5.01 Å². The summed E-state index contributed by atoms with van der Waals surface area (Å²) in [7, 11) is -4.12. The molecule has 0 unspecified atom stereocenters. The number of anilines is 1. The lowest BCUT2D eigenvalue weighted by Gasteiger charge is -2.32. The lowest BCUT2D eigenvalue weighted by molar-refractivity contribution is -0.125. The number of para-hydroxylation sites is 1. The number of carbonyl (C=O) groups excluding carboxylic acids is 1. The average Bonchev–Trinajstić information content (AvgIpc) is 2.69. The van der Waals surface area contributed by atoms with Gasteiger partial charge in [-0.15, -0.1) is 0 Å². The maximum absolute atomic E-state index is 13.6. The third-order valence-corrected chi connectivity index (χ3v) is 7.10. The minimum atomic E-state index is -4.12. The van der Waals surface area contributed by atoms with Crippen molar-refractivity contribution >= 4 is 26.5 Å².